The van der Waals surface area contributed by atoms with Crippen molar-refractivity contribution in [3.63, 3.8) is 0 Å². The van der Waals surface area contributed by atoms with Crippen LogP contribution in [-0.4, -0.2) is 42.1 Å². The maximum absolute atomic E-state index is 5.29. The Balaban J connectivity index is 1.87. The maximum Gasteiger partial charge on any atom is 0.132 e. The predicted molar refractivity (Wildman–Crippen MR) is 84.5 cm³/mol. The van der Waals surface area contributed by atoms with Gasteiger partial charge in [0.2, 0.25) is 0 Å². The molecule has 0 saturated heterocycles. The van der Waals surface area contributed by atoms with E-state index in [0.717, 1.165) is 42.7 Å². The molecule has 6 heteroatoms. The van der Waals surface area contributed by atoms with Crippen molar-refractivity contribution in [2.45, 2.75) is 19.9 Å². The summed E-state index contributed by atoms with van der Waals surface area (Å²) in [6.07, 6.45) is 2.74. The Kier molecular flexibility index (Phi) is 5.57. The van der Waals surface area contributed by atoms with E-state index in [1.807, 2.05) is 25.1 Å². The third-order valence-electron chi connectivity index (χ3n) is 2.95. The van der Waals surface area contributed by atoms with Crippen molar-refractivity contribution in [2.24, 2.45) is 0 Å². The van der Waals surface area contributed by atoms with E-state index in [0.29, 0.717) is 6.54 Å². The van der Waals surface area contributed by atoms with Crippen LogP contribution in [0.4, 0.5) is 11.6 Å². The number of rotatable bonds is 8. The number of nitrogens with zero attached hydrogens (tertiary/aromatic N) is 3. The van der Waals surface area contributed by atoms with Crippen molar-refractivity contribution in [2.75, 3.05) is 37.8 Å². The van der Waals surface area contributed by atoms with Crippen molar-refractivity contribution in [1.82, 2.24) is 14.9 Å². The molecule has 0 atom stereocenters. The summed E-state index contributed by atoms with van der Waals surface area (Å²) in [5.74, 6) is 3.28. The second-order valence-electron chi connectivity index (χ2n) is 5.20. The molecule has 2 N–H and O–H groups in total. The number of nitrogens with one attached hydrogen (secondary N) is 2. The first-order chi connectivity index (χ1) is 10.1. The Hall–Kier alpha value is -2.08. The first kappa shape index (κ1) is 15.3. The highest BCUT2D eigenvalue weighted by Gasteiger charge is 2.03. The second-order valence-corrected chi connectivity index (χ2v) is 5.20. The first-order valence-corrected chi connectivity index (χ1v) is 7.14. The molecule has 0 unspecified atom stereocenters. The molecule has 0 spiro atoms. The summed E-state index contributed by atoms with van der Waals surface area (Å²) >= 11 is 0. The Labute approximate surface area is 125 Å². The Bertz CT molecular complexity index is 539. The highest BCUT2D eigenvalue weighted by molar-refractivity contribution is 5.47. The molecule has 2 rings (SSSR count). The molecule has 114 valence electrons. The van der Waals surface area contributed by atoms with E-state index in [9.17, 15) is 0 Å². The molecule has 0 bridgehead atoms. The smallest absolute Gasteiger partial charge is 0.132 e. The lowest BCUT2D eigenvalue weighted by Gasteiger charge is -2.11. The number of furan rings is 1. The van der Waals surface area contributed by atoms with Gasteiger partial charge in [-0.1, -0.05) is 0 Å². The van der Waals surface area contributed by atoms with Crippen LogP contribution in [0.15, 0.2) is 28.9 Å². The van der Waals surface area contributed by atoms with Gasteiger partial charge in [0.15, 0.2) is 0 Å². The molecule has 0 fully saturated rings. The summed E-state index contributed by atoms with van der Waals surface area (Å²) in [5, 5.41) is 6.58. The van der Waals surface area contributed by atoms with Crippen LogP contribution in [0.1, 0.15) is 18.0 Å². The number of aromatic nitrogens is 2. The van der Waals surface area contributed by atoms with Crippen molar-refractivity contribution in [3.05, 3.63) is 36.0 Å². The minimum atomic E-state index is 0.615. The fraction of sp³-hybridized carbons (Fsp3) is 0.467. The van der Waals surface area contributed by atoms with Crippen LogP contribution in [0.5, 0.6) is 0 Å². The van der Waals surface area contributed by atoms with Crippen molar-refractivity contribution in [1.29, 1.82) is 0 Å². The highest BCUT2D eigenvalue weighted by atomic mass is 16.3. The molecule has 2 aromatic rings. The molecule has 0 amide bonds. The molecule has 6 nitrogen and oxygen atoms in total. The lowest BCUT2D eigenvalue weighted by atomic mass is 10.4. The van der Waals surface area contributed by atoms with Gasteiger partial charge in [0.25, 0.3) is 0 Å². The molecular weight excluding hydrogens is 266 g/mol. The molecular formula is C15H23N5O. The van der Waals surface area contributed by atoms with Gasteiger partial charge in [-0.3, -0.25) is 0 Å². The Morgan fingerprint density at radius 2 is 1.95 bits per heavy atom. The van der Waals surface area contributed by atoms with Crippen LogP contribution in [0.3, 0.4) is 0 Å². The van der Waals surface area contributed by atoms with Gasteiger partial charge in [0.1, 0.15) is 23.2 Å². The average Bonchev–Trinajstić information content (AvgIpc) is 2.94. The van der Waals surface area contributed by atoms with Crippen molar-refractivity contribution >= 4 is 11.6 Å². The van der Waals surface area contributed by atoms with Gasteiger partial charge in [-0.2, -0.15) is 0 Å². The van der Waals surface area contributed by atoms with Gasteiger partial charge in [-0.05, 0) is 46.1 Å². The van der Waals surface area contributed by atoms with Crippen LogP contribution in [0.25, 0.3) is 0 Å². The van der Waals surface area contributed by atoms with Gasteiger partial charge in [-0.15, -0.1) is 0 Å². The maximum atomic E-state index is 5.29. The monoisotopic (exact) mass is 289 g/mol. The SMILES string of the molecule is Cc1nc(NCCCN(C)C)cc(NCc2ccco2)n1. The lowest BCUT2D eigenvalue weighted by Crippen LogP contribution is -2.17. The minimum absolute atomic E-state index is 0.615. The largest absolute Gasteiger partial charge is 0.467 e. The molecule has 21 heavy (non-hydrogen) atoms. The summed E-state index contributed by atoms with van der Waals surface area (Å²) in [5.41, 5.74) is 0. The Morgan fingerprint density at radius 1 is 1.19 bits per heavy atom. The van der Waals surface area contributed by atoms with E-state index in [1.54, 1.807) is 6.26 Å². The van der Waals surface area contributed by atoms with Gasteiger partial charge in [0, 0.05) is 12.6 Å². The third kappa shape index (κ3) is 5.43. The zero-order valence-corrected chi connectivity index (χ0v) is 12.9. The Morgan fingerprint density at radius 3 is 2.62 bits per heavy atom. The summed E-state index contributed by atoms with van der Waals surface area (Å²) in [6, 6.07) is 5.73. The zero-order valence-electron chi connectivity index (χ0n) is 12.9. The van der Waals surface area contributed by atoms with E-state index >= 15 is 0 Å². The average molecular weight is 289 g/mol. The van der Waals surface area contributed by atoms with E-state index in [4.69, 9.17) is 4.42 Å². The highest BCUT2D eigenvalue weighted by Crippen LogP contribution is 2.12. The molecule has 0 aliphatic rings. The number of hydrogen-bond donors (Lipinski definition) is 2. The molecule has 0 aliphatic carbocycles. The number of aryl methyl sites for hydroxylation is 1. The van der Waals surface area contributed by atoms with Gasteiger partial charge < -0.3 is 20.0 Å². The van der Waals surface area contributed by atoms with Crippen LogP contribution >= 0.6 is 0 Å². The standard InChI is InChI=1S/C15H23N5O/c1-12-18-14(16-7-5-8-20(2)3)10-15(19-12)17-11-13-6-4-9-21-13/h4,6,9-10H,5,7-8,11H2,1-3H3,(H2,16,17,18,19). The summed E-state index contributed by atoms with van der Waals surface area (Å²) < 4.78 is 5.29. The lowest BCUT2D eigenvalue weighted by molar-refractivity contribution is 0.405. The quantitative estimate of drug-likeness (QED) is 0.727. The summed E-state index contributed by atoms with van der Waals surface area (Å²) in [6.45, 7) is 4.46. The molecule has 0 saturated carbocycles. The predicted octanol–water partition coefficient (Wildman–Crippen LogP) is 2.35. The van der Waals surface area contributed by atoms with Gasteiger partial charge >= 0.3 is 0 Å². The van der Waals surface area contributed by atoms with Crippen LogP contribution < -0.4 is 10.6 Å². The van der Waals surface area contributed by atoms with Crippen LogP contribution in [0, 0.1) is 6.92 Å². The number of anilines is 2. The fourth-order valence-electron chi connectivity index (χ4n) is 1.95. The fourth-order valence-corrected chi connectivity index (χ4v) is 1.95. The van der Waals surface area contributed by atoms with E-state index < -0.39 is 0 Å². The normalized spacial score (nSPS) is 10.9. The third-order valence-corrected chi connectivity index (χ3v) is 2.95. The van der Waals surface area contributed by atoms with E-state index in [-0.39, 0.29) is 0 Å². The summed E-state index contributed by atoms with van der Waals surface area (Å²) in [7, 11) is 4.15. The second kappa shape index (κ2) is 7.64. The van der Waals surface area contributed by atoms with Crippen molar-refractivity contribution in [3.8, 4) is 0 Å². The van der Waals surface area contributed by atoms with Crippen LogP contribution in [0.2, 0.25) is 0 Å². The minimum Gasteiger partial charge on any atom is -0.467 e. The topological polar surface area (TPSA) is 66.2 Å². The van der Waals surface area contributed by atoms with E-state index in [1.165, 1.54) is 0 Å². The first-order valence-electron chi connectivity index (χ1n) is 7.14. The number of hydrogen-bond acceptors (Lipinski definition) is 6. The summed E-state index contributed by atoms with van der Waals surface area (Å²) in [4.78, 5) is 10.9. The molecule has 2 heterocycles. The van der Waals surface area contributed by atoms with Gasteiger partial charge in [-0.25, -0.2) is 9.97 Å². The molecule has 0 aliphatic heterocycles. The molecule has 2 aromatic heterocycles. The van der Waals surface area contributed by atoms with Gasteiger partial charge in [0.05, 0.1) is 12.8 Å². The molecule has 0 radical (unpaired) electrons. The van der Waals surface area contributed by atoms with E-state index in [2.05, 4.69) is 39.6 Å². The van der Waals surface area contributed by atoms with Crippen LogP contribution in [-0.2, 0) is 6.54 Å². The molecule has 0 aromatic carbocycles. The van der Waals surface area contributed by atoms with Crippen molar-refractivity contribution < 1.29 is 4.42 Å². The zero-order chi connectivity index (χ0) is 15.1.